The third kappa shape index (κ3) is 5.33. The maximum Gasteiger partial charge on any atom is 0.285 e. The Morgan fingerprint density at radius 2 is 1.76 bits per heavy atom. The van der Waals surface area contributed by atoms with E-state index in [-0.39, 0.29) is 16.7 Å². The Morgan fingerprint density at radius 1 is 1.09 bits per heavy atom. The van der Waals surface area contributed by atoms with E-state index in [1.54, 1.807) is 6.92 Å². The Hall–Kier alpha value is -3.00. The molecule has 0 aromatic heterocycles. The number of aryl methyl sites for hydroxylation is 1. The fraction of sp³-hybridized carbons (Fsp3) is 0.360. The number of benzene rings is 2. The Balaban J connectivity index is 1.32. The molecule has 0 aliphatic carbocycles. The molecular weight excluding hydrogens is 441 g/mol. The monoisotopic (exact) mass is 469 g/mol. The van der Waals surface area contributed by atoms with E-state index >= 15 is 0 Å². The van der Waals surface area contributed by atoms with Gasteiger partial charge in [-0.15, -0.1) is 4.40 Å². The molecule has 2 aromatic rings. The zero-order chi connectivity index (χ0) is 23.4. The fourth-order valence-corrected chi connectivity index (χ4v) is 5.91. The minimum absolute atomic E-state index is 0.0583. The van der Waals surface area contributed by atoms with E-state index in [0.717, 1.165) is 12.8 Å². The van der Waals surface area contributed by atoms with Gasteiger partial charge in [0.25, 0.3) is 10.0 Å². The van der Waals surface area contributed by atoms with Gasteiger partial charge in [0.2, 0.25) is 5.91 Å². The molecule has 2 heterocycles. The standard InChI is InChI=1S/C25H28FN3O3S/c1-18-23(20-9-11-22(26)12-10-20)33(31,32)28-24(18)29-16-13-21(14-17-29)25(30)27-15-5-8-19-6-3-2-4-7-19/h2-4,6-7,9-12,21H,5,8,13-17H2,1H3,(H,27,30). The second-order valence-corrected chi connectivity index (χ2v) is 10.0. The molecule has 2 aliphatic rings. The molecule has 1 N–H and O–H groups in total. The Morgan fingerprint density at radius 3 is 2.42 bits per heavy atom. The maximum absolute atomic E-state index is 13.3. The molecule has 1 saturated heterocycles. The maximum atomic E-state index is 13.3. The number of sulfonamides is 1. The molecule has 2 aliphatic heterocycles. The van der Waals surface area contributed by atoms with Crippen molar-refractivity contribution < 1.29 is 17.6 Å². The molecule has 0 radical (unpaired) electrons. The van der Waals surface area contributed by atoms with Crippen molar-refractivity contribution in [1.29, 1.82) is 0 Å². The van der Waals surface area contributed by atoms with Crippen molar-refractivity contribution in [2.24, 2.45) is 10.3 Å². The van der Waals surface area contributed by atoms with Crippen LogP contribution in [0.1, 0.15) is 37.3 Å². The van der Waals surface area contributed by atoms with Gasteiger partial charge in [-0.3, -0.25) is 4.79 Å². The first-order chi connectivity index (χ1) is 15.8. The van der Waals surface area contributed by atoms with Crippen LogP contribution in [0.4, 0.5) is 4.39 Å². The van der Waals surface area contributed by atoms with Gasteiger partial charge in [0.05, 0.1) is 0 Å². The highest BCUT2D eigenvalue weighted by atomic mass is 32.2. The highest BCUT2D eigenvalue weighted by Crippen LogP contribution is 2.34. The van der Waals surface area contributed by atoms with E-state index in [9.17, 15) is 17.6 Å². The van der Waals surface area contributed by atoms with Gasteiger partial charge in [0.1, 0.15) is 16.6 Å². The summed E-state index contributed by atoms with van der Waals surface area (Å²) in [5.74, 6) is -0.0228. The number of rotatable bonds is 6. The SMILES string of the molecule is CC1=C(c2ccc(F)cc2)S(=O)(=O)N=C1N1CCC(C(=O)NCCCc2ccccc2)CC1. The van der Waals surface area contributed by atoms with Gasteiger partial charge in [-0.1, -0.05) is 42.5 Å². The van der Waals surface area contributed by atoms with Crippen LogP contribution in [0.5, 0.6) is 0 Å². The summed E-state index contributed by atoms with van der Waals surface area (Å²) in [5, 5.41) is 3.04. The number of nitrogens with one attached hydrogen (secondary N) is 1. The van der Waals surface area contributed by atoms with E-state index in [1.807, 2.05) is 23.1 Å². The number of hydrogen-bond donors (Lipinski definition) is 1. The van der Waals surface area contributed by atoms with Crippen LogP contribution in [0, 0.1) is 11.7 Å². The topological polar surface area (TPSA) is 78.8 Å². The lowest BCUT2D eigenvalue weighted by atomic mass is 9.95. The smallest absolute Gasteiger partial charge is 0.285 e. The number of carbonyl (C=O) groups is 1. The van der Waals surface area contributed by atoms with E-state index in [1.165, 1.54) is 29.8 Å². The average Bonchev–Trinajstić information content (AvgIpc) is 3.06. The summed E-state index contributed by atoms with van der Waals surface area (Å²) in [7, 11) is -3.84. The van der Waals surface area contributed by atoms with Crippen LogP contribution in [0.3, 0.4) is 0 Å². The average molecular weight is 470 g/mol. The zero-order valence-electron chi connectivity index (χ0n) is 18.6. The number of piperidine rings is 1. The van der Waals surface area contributed by atoms with Crippen LogP contribution in [-0.2, 0) is 21.2 Å². The molecule has 6 nitrogen and oxygen atoms in total. The Labute approximate surface area is 194 Å². The molecule has 0 spiro atoms. The third-order valence-corrected chi connectivity index (χ3v) is 7.67. The highest BCUT2D eigenvalue weighted by Gasteiger charge is 2.35. The summed E-state index contributed by atoms with van der Waals surface area (Å²) in [6.45, 7) is 3.49. The first-order valence-corrected chi connectivity index (χ1v) is 12.7. The number of likely N-dealkylation sites (tertiary alicyclic amines) is 1. The number of nitrogens with zero attached hydrogens (tertiary/aromatic N) is 2. The van der Waals surface area contributed by atoms with Gasteiger partial charge in [-0.2, -0.15) is 8.42 Å². The molecule has 0 bridgehead atoms. The number of carbonyl (C=O) groups excluding carboxylic acids is 1. The van der Waals surface area contributed by atoms with E-state index in [0.29, 0.717) is 49.4 Å². The lowest BCUT2D eigenvalue weighted by Crippen LogP contribution is -2.43. The molecule has 0 unspecified atom stereocenters. The summed E-state index contributed by atoms with van der Waals surface area (Å²) < 4.78 is 42.7. The van der Waals surface area contributed by atoms with Gasteiger partial charge in [-0.25, -0.2) is 4.39 Å². The molecule has 1 fully saturated rings. The van der Waals surface area contributed by atoms with Crippen LogP contribution in [-0.4, -0.2) is 44.7 Å². The zero-order valence-corrected chi connectivity index (χ0v) is 19.4. The first-order valence-electron chi connectivity index (χ1n) is 11.2. The number of amides is 1. The van der Waals surface area contributed by atoms with Crippen molar-refractivity contribution in [2.75, 3.05) is 19.6 Å². The van der Waals surface area contributed by atoms with Crippen LogP contribution in [0.25, 0.3) is 4.91 Å². The summed E-state index contributed by atoms with van der Waals surface area (Å²) in [6, 6.07) is 15.6. The summed E-state index contributed by atoms with van der Waals surface area (Å²) >= 11 is 0. The third-order valence-electron chi connectivity index (χ3n) is 6.20. The van der Waals surface area contributed by atoms with Crippen molar-refractivity contribution >= 4 is 26.7 Å². The molecular formula is C25H28FN3O3S. The summed E-state index contributed by atoms with van der Waals surface area (Å²) in [4.78, 5) is 14.6. The minimum Gasteiger partial charge on any atom is -0.356 e. The predicted molar refractivity (Wildman–Crippen MR) is 127 cm³/mol. The minimum atomic E-state index is -3.84. The van der Waals surface area contributed by atoms with Gasteiger partial charge in [0, 0.05) is 31.1 Å². The quantitative estimate of drug-likeness (QED) is 0.654. The van der Waals surface area contributed by atoms with Crippen LogP contribution >= 0.6 is 0 Å². The number of hydrogen-bond acceptors (Lipinski definition) is 4. The van der Waals surface area contributed by atoms with Crippen LogP contribution in [0.15, 0.2) is 64.6 Å². The van der Waals surface area contributed by atoms with Crippen LogP contribution in [0.2, 0.25) is 0 Å². The second kappa shape index (κ2) is 9.87. The second-order valence-electron chi connectivity index (χ2n) is 8.49. The normalized spacial score (nSPS) is 18.4. The van der Waals surface area contributed by atoms with Crippen molar-refractivity contribution in [3.63, 3.8) is 0 Å². The van der Waals surface area contributed by atoms with E-state index in [4.69, 9.17) is 0 Å². The van der Waals surface area contributed by atoms with Crippen molar-refractivity contribution in [1.82, 2.24) is 10.2 Å². The van der Waals surface area contributed by atoms with E-state index < -0.39 is 15.8 Å². The molecule has 0 atom stereocenters. The summed E-state index contributed by atoms with van der Waals surface area (Å²) in [5.41, 5.74) is 2.25. The molecule has 33 heavy (non-hydrogen) atoms. The lowest BCUT2D eigenvalue weighted by molar-refractivity contribution is -0.126. The molecule has 174 valence electrons. The summed E-state index contributed by atoms with van der Waals surface area (Å²) in [6.07, 6.45) is 3.10. The molecule has 0 saturated carbocycles. The molecule has 2 aromatic carbocycles. The molecule has 1 amide bonds. The molecule has 4 rings (SSSR count). The Bertz CT molecular complexity index is 1170. The highest BCUT2D eigenvalue weighted by molar-refractivity contribution is 8.00. The first kappa shape index (κ1) is 23.2. The van der Waals surface area contributed by atoms with Gasteiger partial charge in [-0.05, 0) is 55.9 Å². The Kier molecular flexibility index (Phi) is 6.93. The van der Waals surface area contributed by atoms with E-state index in [2.05, 4.69) is 21.8 Å². The van der Waals surface area contributed by atoms with Crippen molar-refractivity contribution in [3.05, 3.63) is 77.1 Å². The van der Waals surface area contributed by atoms with Crippen LogP contribution < -0.4 is 5.32 Å². The van der Waals surface area contributed by atoms with Gasteiger partial charge < -0.3 is 10.2 Å². The number of amidine groups is 1. The van der Waals surface area contributed by atoms with Gasteiger partial charge >= 0.3 is 0 Å². The van der Waals surface area contributed by atoms with Gasteiger partial charge in [0.15, 0.2) is 0 Å². The fourth-order valence-electron chi connectivity index (χ4n) is 4.43. The van der Waals surface area contributed by atoms with Crippen molar-refractivity contribution in [3.8, 4) is 0 Å². The lowest BCUT2D eigenvalue weighted by Gasteiger charge is -2.32. The molecule has 8 heteroatoms. The number of halogens is 1. The largest absolute Gasteiger partial charge is 0.356 e. The van der Waals surface area contributed by atoms with Crippen molar-refractivity contribution in [2.45, 2.75) is 32.6 Å². The predicted octanol–water partition coefficient (Wildman–Crippen LogP) is 3.76.